The van der Waals surface area contributed by atoms with Crippen LogP contribution in [-0.2, 0) is 9.47 Å². The molecule has 5 heteroatoms. The molecular formula is C12H16BrNO3. The maximum atomic E-state index is 11.9. The van der Waals surface area contributed by atoms with E-state index in [-0.39, 0.29) is 5.91 Å². The molecule has 0 spiro atoms. The van der Waals surface area contributed by atoms with E-state index in [1.807, 2.05) is 19.1 Å². The van der Waals surface area contributed by atoms with Crippen LogP contribution in [0.15, 0.2) is 22.7 Å². The zero-order valence-corrected chi connectivity index (χ0v) is 11.7. The monoisotopic (exact) mass is 301 g/mol. The fraction of sp³-hybridized carbons (Fsp3) is 0.417. The third kappa shape index (κ3) is 4.11. The van der Waals surface area contributed by atoms with Gasteiger partial charge >= 0.3 is 0 Å². The Morgan fingerprint density at radius 1 is 1.41 bits per heavy atom. The highest BCUT2D eigenvalue weighted by Crippen LogP contribution is 2.15. The maximum absolute atomic E-state index is 11.9. The number of hydrogen-bond donors (Lipinski definition) is 1. The van der Waals surface area contributed by atoms with Crippen molar-refractivity contribution < 1.29 is 14.3 Å². The number of carbonyl (C=O) groups excluding carboxylic acids is 1. The van der Waals surface area contributed by atoms with Crippen molar-refractivity contribution in [3.8, 4) is 0 Å². The first-order valence-electron chi connectivity index (χ1n) is 5.18. The van der Waals surface area contributed by atoms with E-state index >= 15 is 0 Å². The summed E-state index contributed by atoms with van der Waals surface area (Å²) in [4.78, 5) is 11.9. The normalized spacial score (nSPS) is 10.6. The minimum absolute atomic E-state index is 0.136. The molecule has 1 amide bonds. The molecule has 0 radical (unpaired) electrons. The lowest BCUT2D eigenvalue weighted by atomic mass is 10.1. The van der Waals surface area contributed by atoms with Crippen molar-refractivity contribution in [2.45, 2.75) is 13.2 Å². The molecular weight excluding hydrogens is 286 g/mol. The Morgan fingerprint density at radius 2 is 2.06 bits per heavy atom. The highest BCUT2D eigenvalue weighted by Gasteiger charge is 2.12. The van der Waals surface area contributed by atoms with Crippen molar-refractivity contribution in [2.75, 3.05) is 20.8 Å². The summed E-state index contributed by atoms with van der Waals surface area (Å²) in [6.45, 7) is 2.21. The third-order valence-electron chi connectivity index (χ3n) is 2.40. The van der Waals surface area contributed by atoms with Gasteiger partial charge in [-0.15, -0.1) is 0 Å². The molecule has 94 valence electrons. The van der Waals surface area contributed by atoms with Crippen LogP contribution >= 0.6 is 15.9 Å². The second-order valence-electron chi connectivity index (χ2n) is 3.57. The molecule has 0 aliphatic rings. The molecule has 0 fully saturated rings. The highest BCUT2D eigenvalue weighted by molar-refractivity contribution is 9.10. The Balaban J connectivity index is 2.66. The first-order valence-corrected chi connectivity index (χ1v) is 5.97. The fourth-order valence-electron chi connectivity index (χ4n) is 1.37. The van der Waals surface area contributed by atoms with Crippen molar-refractivity contribution in [1.82, 2.24) is 5.32 Å². The number of ether oxygens (including phenoxy) is 2. The summed E-state index contributed by atoms with van der Waals surface area (Å²) in [5.41, 5.74) is 1.57. The van der Waals surface area contributed by atoms with Gasteiger partial charge in [0.1, 0.15) is 0 Å². The largest absolute Gasteiger partial charge is 0.354 e. The van der Waals surface area contributed by atoms with Crippen LogP contribution in [0.4, 0.5) is 0 Å². The summed E-state index contributed by atoms with van der Waals surface area (Å²) in [5, 5.41) is 2.76. The van der Waals surface area contributed by atoms with Gasteiger partial charge in [0.05, 0.1) is 6.54 Å². The molecule has 0 saturated carbocycles. The summed E-state index contributed by atoms with van der Waals surface area (Å²) in [6.07, 6.45) is -0.425. The molecule has 0 unspecified atom stereocenters. The van der Waals surface area contributed by atoms with Crippen LogP contribution in [0.3, 0.4) is 0 Å². The Kier molecular flexibility index (Phi) is 5.61. The Labute approximate surface area is 109 Å². The molecule has 1 rings (SSSR count). The smallest absolute Gasteiger partial charge is 0.251 e. The Morgan fingerprint density at radius 3 is 2.65 bits per heavy atom. The molecule has 0 saturated heterocycles. The van der Waals surface area contributed by atoms with Gasteiger partial charge in [0, 0.05) is 24.3 Å². The lowest BCUT2D eigenvalue weighted by molar-refractivity contribution is -0.0974. The molecule has 1 N–H and O–H groups in total. The van der Waals surface area contributed by atoms with Crippen LogP contribution in [0.1, 0.15) is 15.9 Å². The molecule has 1 aromatic carbocycles. The zero-order chi connectivity index (χ0) is 12.8. The SMILES string of the molecule is COC(CNC(=O)c1cc(Br)ccc1C)OC. The topological polar surface area (TPSA) is 47.6 Å². The second-order valence-corrected chi connectivity index (χ2v) is 4.49. The average molecular weight is 302 g/mol. The number of carbonyl (C=O) groups is 1. The summed E-state index contributed by atoms with van der Waals surface area (Å²) in [6, 6.07) is 5.58. The molecule has 0 bridgehead atoms. The number of aryl methyl sites for hydroxylation is 1. The molecule has 0 atom stereocenters. The number of nitrogens with one attached hydrogen (secondary N) is 1. The van der Waals surface area contributed by atoms with Gasteiger partial charge in [-0.2, -0.15) is 0 Å². The fourth-order valence-corrected chi connectivity index (χ4v) is 1.73. The molecule has 0 aromatic heterocycles. The predicted octanol–water partition coefficient (Wildman–Crippen LogP) is 2.11. The lowest BCUT2D eigenvalue weighted by Gasteiger charge is -2.14. The second kappa shape index (κ2) is 6.74. The summed E-state index contributed by atoms with van der Waals surface area (Å²) >= 11 is 3.34. The van der Waals surface area contributed by atoms with Gasteiger partial charge in [0.2, 0.25) is 0 Å². The van der Waals surface area contributed by atoms with Gasteiger partial charge in [-0.05, 0) is 24.6 Å². The molecule has 0 aliphatic carbocycles. The van der Waals surface area contributed by atoms with Crippen molar-refractivity contribution in [3.05, 3.63) is 33.8 Å². The van der Waals surface area contributed by atoms with E-state index in [0.29, 0.717) is 12.1 Å². The van der Waals surface area contributed by atoms with E-state index in [9.17, 15) is 4.79 Å². The lowest BCUT2D eigenvalue weighted by Crippen LogP contribution is -2.34. The molecule has 4 nitrogen and oxygen atoms in total. The van der Waals surface area contributed by atoms with Gasteiger partial charge < -0.3 is 14.8 Å². The average Bonchev–Trinajstić information content (AvgIpc) is 2.33. The van der Waals surface area contributed by atoms with E-state index in [1.54, 1.807) is 6.07 Å². The molecule has 17 heavy (non-hydrogen) atoms. The number of amides is 1. The van der Waals surface area contributed by atoms with E-state index in [1.165, 1.54) is 14.2 Å². The zero-order valence-electron chi connectivity index (χ0n) is 10.1. The number of rotatable bonds is 5. The minimum Gasteiger partial charge on any atom is -0.354 e. The van der Waals surface area contributed by atoms with Gasteiger partial charge in [-0.3, -0.25) is 4.79 Å². The first kappa shape index (κ1) is 14.2. The number of hydrogen-bond acceptors (Lipinski definition) is 3. The van der Waals surface area contributed by atoms with Gasteiger partial charge in [0.15, 0.2) is 6.29 Å². The summed E-state index contributed by atoms with van der Waals surface area (Å²) in [5.74, 6) is -0.136. The maximum Gasteiger partial charge on any atom is 0.251 e. The summed E-state index contributed by atoms with van der Waals surface area (Å²) in [7, 11) is 3.06. The van der Waals surface area contributed by atoms with Crippen molar-refractivity contribution in [3.63, 3.8) is 0 Å². The first-order chi connectivity index (χ1) is 8.08. The van der Waals surface area contributed by atoms with Crippen LogP contribution < -0.4 is 5.32 Å². The quantitative estimate of drug-likeness (QED) is 0.847. The van der Waals surface area contributed by atoms with Crippen LogP contribution in [-0.4, -0.2) is 33.0 Å². The number of halogens is 1. The van der Waals surface area contributed by atoms with Crippen LogP contribution in [0, 0.1) is 6.92 Å². The van der Waals surface area contributed by atoms with Crippen molar-refractivity contribution in [2.24, 2.45) is 0 Å². The van der Waals surface area contributed by atoms with E-state index < -0.39 is 6.29 Å². The van der Waals surface area contributed by atoms with E-state index in [0.717, 1.165) is 10.0 Å². The van der Waals surface area contributed by atoms with Crippen molar-refractivity contribution in [1.29, 1.82) is 0 Å². The van der Waals surface area contributed by atoms with Crippen LogP contribution in [0.2, 0.25) is 0 Å². The Bertz CT molecular complexity index is 391. The van der Waals surface area contributed by atoms with Crippen molar-refractivity contribution >= 4 is 21.8 Å². The van der Waals surface area contributed by atoms with E-state index in [4.69, 9.17) is 9.47 Å². The third-order valence-corrected chi connectivity index (χ3v) is 2.89. The van der Waals surface area contributed by atoms with Gasteiger partial charge in [-0.1, -0.05) is 22.0 Å². The Hall–Kier alpha value is -0.910. The standard InChI is InChI=1S/C12H16BrNO3/c1-8-4-5-9(13)6-10(8)12(15)14-7-11(16-2)17-3/h4-6,11H,7H2,1-3H3,(H,14,15). The predicted molar refractivity (Wildman–Crippen MR) is 69.0 cm³/mol. The van der Waals surface area contributed by atoms with Gasteiger partial charge in [0.25, 0.3) is 5.91 Å². The number of methoxy groups -OCH3 is 2. The van der Waals surface area contributed by atoms with Crippen LogP contribution in [0.5, 0.6) is 0 Å². The molecule has 0 aliphatic heterocycles. The van der Waals surface area contributed by atoms with E-state index in [2.05, 4.69) is 21.2 Å². The number of benzene rings is 1. The summed E-state index contributed by atoms with van der Waals surface area (Å²) < 4.78 is 10.9. The highest BCUT2D eigenvalue weighted by atomic mass is 79.9. The molecule has 1 aromatic rings. The molecule has 0 heterocycles. The van der Waals surface area contributed by atoms with Crippen LogP contribution in [0.25, 0.3) is 0 Å². The van der Waals surface area contributed by atoms with Gasteiger partial charge in [-0.25, -0.2) is 0 Å². The minimum atomic E-state index is -0.425.